The molecule has 0 spiro atoms. The Bertz CT molecular complexity index is 581. The molecule has 0 aliphatic carbocycles. The number of anilines is 1. The van der Waals surface area contributed by atoms with Gasteiger partial charge in [0.05, 0.1) is 5.69 Å². The van der Waals surface area contributed by atoms with E-state index in [0.717, 1.165) is 15.5 Å². The van der Waals surface area contributed by atoms with Crippen molar-refractivity contribution in [2.45, 2.75) is 17.7 Å². The minimum Gasteiger partial charge on any atom is -0.477 e. The number of aromatic nitrogens is 1. The SMILES string of the molecule is Cc1sc(C(=O)O)cc1CSc1ncccc1N. The van der Waals surface area contributed by atoms with Crippen molar-refractivity contribution in [3.05, 3.63) is 39.7 Å². The number of nitrogens with zero attached hydrogens (tertiary/aromatic N) is 1. The fourth-order valence-electron chi connectivity index (χ4n) is 1.44. The van der Waals surface area contributed by atoms with Crippen LogP contribution >= 0.6 is 23.1 Å². The standard InChI is InChI=1S/C12H12N2O2S2/c1-7-8(5-10(18-7)12(15)16)6-17-11-9(13)3-2-4-14-11/h2-5H,6,13H2,1H3,(H,15,16). The zero-order valence-electron chi connectivity index (χ0n) is 9.71. The number of aromatic carboxylic acids is 1. The third kappa shape index (κ3) is 2.83. The fourth-order valence-corrected chi connectivity index (χ4v) is 3.37. The Hall–Kier alpha value is -1.53. The van der Waals surface area contributed by atoms with Crippen molar-refractivity contribution in [3.8, 4) is 0 Å². The van der Waals surface area contributed by atoms with E-state index in [1.54, 1.807) is 24.4 Å². The summed E-state index contributed by atoms with van der Waals surface area (Å²) in [6, 6.07) is 5.31. The van der Waals surface area contributed by atoms with Crippen molar-refractivity contribution < 1.29 is 9.90 Å². The number of carboxylic acid groups (broad SMARTS) is 1. The van der Waals surface area contributed by atoms with Crippen molar-refractivity contribution in [1.82, 2.24) is 4.98 Å². The molecule has 0 radical (unpaired) electrons. The monoisotopic (exact) mass is 280 g/mol. The number of carboxylic acids is 1. The molecule has 18 heavy (non-hydrogen) atoms. The number of thioether (sulfide) groups is 1. The van der Waals surface area contributed by atoms with Gasteiger partial charge in [0.15, 0.2) is 0 Å². The third-order valence-corrected chi connectivity index (χ3v) is 4.55. The summed E-state index contributed by atoms with van der Waals surface area (Å²) in [5, 5.41) is 9.70. The molecular formula is C12H12N2O2S2. The Morgan fingerprint density at radius 1 is 1.61 bits per heavy atom. The average molecular weight is 280 g/mol. The molecule has 2 aromatic rings. The summed E-state index contributed by atoms with van der Waals surface area (Å²) in [5.74, 6) is -0.201. The molecule has 94 valence electrons. The third-order valence-electron chi connectivity index (χ3n) is 2.40. The predicted molar refractivity (Wildman–Crippen MR) is 74.2 cm³/mol. The number of nitrogens with two attached hydrogens (primary N) is 1. The maximum absolute atomic E-state index is 10.9. The van der Waals surface area contributed by atoms with Gasteiger partial charge in [-0.05, 0) is 30.7 Å². The molecule has 0 saturated heterocycles. The summed E-state index contributed by atoms with van der Waals surface area (Å²) >= 11 is 2.81. The minimum atomic E-state index is -0.878. The van der Waals surface area contributed by atoms with Crippen LogP contribution in [0.5, 0.6) is 0 Å². The number of aryl methyl sites for hydroxylation is 1. The zero-order valence-corrected chi connectivity index (χ0v) is 11.3. The molecule has 2 rings (SSSR count). The Morgan fingerprint density at radius 3 is 3.00 bits per heavy atom. The first-order valence-electron chi connectivity index (χ1n) is 5.24. The lowest BCUT2D eigenvalue weighted by atomic mass is 10.3. The summed E-state index contributed by atoms with van der Waals surface area (Å²) in [6.45, 7) is 1.93. The van der Waals surface area contributed by atoms with Crippen LogP contribution in [0, 0.1) is 6.92 Å². The first-order valence-corrected chi connectivity index (χ1v) is 7.04. The molecule has 4 nitrogen and oxygen atoms in total. The van der Waals surface area contributed by atoms with Crippen LogP contribution in [0.2, 0.25) is 0 Å². The highest BCUT2D eigenvalue weighted by Gasteiger charge is 2.11. The van der Waals surface area contributed by atoms with Gasteiger partial charge in [0, 0.05) is 16.8 Å². The smallest absolute Gasteiger partial charge is 0.345 e. The largest absolute Gasteiger partial charge is 0.477 e. The van der Waals surface area contributed by atoms with E-state index >= 15 is 0 Å². The van der Waals surface area contributed by atoms with Crippen LogP contribution in [0.3, 0.4) is 0 Å². The first kappa shape index (κ1) is 12.9. The molecule has 6 heteroatoms. The summed E-state index contributed by atoms with van der Waals surface area (Å²) in [5.41, 5.74) is 7.47. The molecule has 0 saturated carbocycles. The van der Waals surface area contributed by atoms with Gasteiger partial charge in [-0.2, -0.15) is 0 Å². The molecule has 0 bridgehead atoms. The van der Waals surface area contributed by atoms with Gasteiger partial charge in [-0.1, -0.05) is 11.8 Å². The van der Waals surface area contributed by atoms with Crippen LogP contribution in [0.15, 0.2) is 29.4 Å². The van der Waals surface area contributed by atoms with Crippen molar-refractivity contribution in [1.29, 1.82) is 0 Å². The van der Waals surface area contributed by atoms with Crippen LogP contribution in [-0.4, -0.2) is 16.1 Å². The molecule has 0 aliphatic heterocycles. The number of carbonyl (C=O) groups is 1. The predicted octanol–water partition coefficient (Wildman–Crippen LogP) is 3.02. The van der Waals surface area contributed by atoms with E-state index in [1.807, 2.05) is 6.92 Å². The molecule has 2 heterocycles. The second-order valence-electron chi connectivity index (χ2n) is 3.68. The van der Waals surface area contributed by atoms with Crippen LogP contribution in [0.1, 0.15) is 20.1 Å². The highest BCUT2D eigenvalue weighted by atomic mass is 32.2. The highest BCUT2D eigenvalue weighted by molar-refractivity contribution is 7.98. The van der Waals surface area contributed by atoms with Gasteiger partial charge in [0.25, 0.3) is 0 Å². The van der Waals surface area contributed by atoms with E-state index in [0.29, 0.717) is 16.3 Å². The molecule has 0 unspecified atom stereocenters. The van der Waals surface area contributed by atoms with Gasteiger partial charge in [-0.25, -0.2) is 9.78 Å². The van der Waals surface area contributed by atoms with Gasteiger partial charge >= 0.3 is 5.97 Å². The van der Waals surface area contributed by atoms with Crippen LogP contribution in [0.25, 0.3) is 0 Å². The fraction of sp³-hybridized carbons (Fsp3) is 0.167. The van der Waals surface area contributed by atoms with Crippen LogP contribution in [0.4, 0.5) is 5.69 Å². The number of hydrogen-bond acceptors (Lipinski definition) is 5. The quantitative estimate of drug-likeness (QED) is 0.842. The summed E-state index contributed by atoms with van der Waals surface area (Å²) in [4.78, 5) is 16.5. The lowest BCUT2D eigenvalue weighted by Crippen LogP contribution is -1.92. The highest BCUT2D eigenvalue weighted by Crippen LogP contribution is 2.30. The lowest BCUT2D eigenvalue weighted by Gasteiger charge is -2.03. The molecule has 0 amide bonds. The van der Waals surface area contributed by atoms with Gasteiger partial charge in [0.1, 0.15) is 9.90 Å². The molecule has 0 aromatic carbocycles. The zero-order chi connectivity index (χ0) is 13.1. The summed E-state index contributed by atoms with van der Waals surface area (Å²) < 4.78 is 0. The van der Waals surface area contributed by atoms with Gasteiger partial charge in [0.2, 0.25) is 0 Å². The van der Waals surface area contributed by atoms with Crippen molar-refractivity contribution >= 4 is 34.8 Å². The number of rotatable bonds is 4. The van der Waals surface area contributed by atoms with E-state index in [9.17, 15) is 4.79 Å². The van der Waals surface area contributed by atoms with Gasteiger partial charge in [-0.3, -0.25) is 0 Å². The van der Waals surface area contributed by atoms with E-state index in [4.69, 9.17) is 10.8 Å². The molecule has 2 aromatic heterocycles. The normalized spacial score (nSPS) is 10.5. The summed E-state index contributed by atoms with van der Waals surface area (Å²) in [6.07, 6.45) is 1.70. The Kier molecular flexibility index (Phi) is 3.88. The Balaban J connectivity index is 2.11. The number of nitrogen functional groups attached to an aromatic ring is 1. The van der Waals surface area contributed by atoms with Crippen molar-refractivity contribution in [2.24, 2.45) is 0 Å². The van der Waals surface area contributed by atoms with Crippen molar-refractivity contribution in [2.75, 3.05) is 5.73 Å². The van der Waals surface area contributed by atoms with Crippen LogP contribution < -0.4 is 5.73 Å². The van der Waals surface area contributed by atoms with Gasteiger partial charge in [-0.15, -0.1) is 11.3 Å². The van der Waals surface area contributed by atoms with E-state index in [2.05, 4.69) is 4.98 Å². The van der Waals surface area contributed by atoms with E-state index in [1.165, 1.54) is 23.1 Å². The molecule has 0 aliphatic rings. The average Bonchev–Trinajstić information content (AvgIpc) is 2.70. The number of pyridine rings is 1. The lowest BCUT2D eigenvalue weighted by molar-refractivity contribution is 0.0702. The molecular weight excluding hydrogens is 268 g/mol. The summed E-state index contributed by atoms with van der Waals surface area (Å²) in [7, 11) is 0. The van der Waals surface area contributed by atoms with Gasteiger partial charge < -0.3 is 10.8 Å². The second-order valence-corrected chi connectivity index (χ2v) is 5.90. The molecule has 0 fully saturated rings. The first-order chi connectivity index (χ1) is 8.58. The topological polar surface area (TPSA) is 76.2 Å². The maximum Gasteiger partial charge on any atom is 0.345 e. The van der Waals surface area contributed by atoms with E-state index < -0.39 is 5.97 Å². The second kappa shape index (κ2) is 5.41. The molecule has 0 atom stereocenters. The number of hydrogen-bond donors (Lipinski definition) is 2. The van der Waals surface area contributed by atoms with Crippen molar-refractivity contribution in [3.63, 3.8) is 0 Å². The minimum absolute atomic E-state index is 0.372. The maximum atomic E-state index is 10.9. The number of thiophene rings is 1. The molecule has 3 N–H and O–H groups in total. The Morgan fingerprint density at radius 2 is 2.39 bits per heavy atom. The van der Waals surface area contributed by atoms with E-state index in [-0.39, 0.29) is 0 Å². The van der Waals surface area contributed by atoms with Crippen LogP contribution in [-0.2, 0) is 5.75 Å². The Labute approximate surface area is 113 Å².